The molecule has 1 unspecified atom stereocenters. The van der Waals surface area contributed by atoms with Gasteiger partial charge in [0, 0.05) is 12.0 Å². The van der Waals surface area contributed by atoms with Gasteiger partial charge in [-0.15, -0.1) is 0 Å². The van der Waals surface area contributed by atoms with Gasteiger partial charge in [-0.1, -0.05) is 43.3 Å². The van der Waals surface area contributed by atoms with Crippen LogP contribution in [0.4, 0.5) is 0 Å². The molecule has 2 rings (SSSR count). The van der Waals surface area contributed by atoms with Crippen molar-refractivity contribution in [3.8, 4) is 11.5 Å². The van der Waals surface area contributed by atoms with E-state index in [9.17, 15) is 0 Å². The van der Waals surface area contributed by atoms with E-state index in [4.69, 9.17) is 15.2 Å². The molecule has 2 N–H and O–H groups in total. The molecule has 0 aliphatic carbocycles. The highest BCUT2D eigenvalue weighted by atomic mass is 16.5. The van der Waals surface area contributed by atoms with Crippen LogP contribution in [-0.4, -0.2) is 20.8 Å². The van der Waals surface area contributed by atoms with E-state index in [-0.39, 0.29) is 5.41 Å². The predicted octanol–water partition coefficient (Wildman–Crippen LogP) is 3.16. The van der Waals surface area contributed by atoms with Crippen LogP contribution in [0.3, 0.4) is 0 Å². The summed E-state index contributed by atoms with van der Waals surface area (Å²) < 4.78 is 10.7. The van der Waals surface area contributed by atoms with Gasteiger partial charge in [0.1, 0.15) is 0 Å². The monoisotopic (exact) mass is 285 g/mol. The molecule has 3 heteroatoms. The number of benzene rings is 2. The minimum absolute atomic E-state index is 0.138. The summed E-state index contributed by atoms with van der Waals surface area (Å²) in [6.45, 7) is 2.75. The van der Waals surface area contributed by atoms with Crippen molar-refractivity contribution in [3.05, 3.63) is 59.7 Å². The Morgan fingerprint density at radius 2 is 1.62 bits per heavy atom. The first-order valence-electron chi connectivity index (χ1n) is 7.09. The zero-order chi connectivity index (χ0) is 15.3. The molecule has 0 amide bonds. The summed E-state index contributed by atoms with van der Waals surface area (Å²) in [7, 11) is 3.29. The van der Waals surface area contributed by atoms with E-state index in [1.165, 1.54) is 5.56 Å². The molecule has 0 radical (unpaired) electrons. The van der Waals surface area contributed by atoms with E-state index in [1.54, 1.807) is 14.2 Å². The molecule has 0 aliphatic heterocycles. The van der Waals surface area contributed by atoms with Crippen LogP contribution in [0.15, 0.2) is 48.5 Å². The van der Waals surface area contributed by atoms with Gasteiger partial charge in [-0.2, -0.15) is 0 Å². The third-order valence-corrected chi connectivity index (χ3v) is 3.97. The van der Waals surface area contributed by atoms with Gasteiger partial charge in [-0.05, 0) is 29.7 Å². The second-order valence-corrected chi connectivity index (χ2v) is 5.50. The molecule has 0 aromatic heterocycles. The van der Waals surface area contributed by atoms with Gasteiger partial charge < -0.3 is 15.2 Å². The average Bonchev–Trinajstić information content (AvgIpc) is 2.54. The largest absolute Gasteiger partial charge is 0.493 e. The molecule has 3 nitrogen and oxygen atoms in total. The zero-order valence-electron chi connectivity index (χ0n) is 12.9. The van der Waals surface area contributed by atoms with Crippen LogP contribution in [0.2, 0.25) is 0 Å². The number of hydrogen-bond donors (Lipinski definition) is 1. The second kappa shape index (κ2) is 6.64. The van der Waals surface area contributed by atoms with Gasteiger partial charge in [0.05, 0.1) is 14.2 Å². The Kier molecular flexibility index (Phi) is 4.86. The molecule has 1 atom stereocenters. The van der Waals surface area contributed by atoms with Crippen LogP contribution >= 0.6 is 0 Å². The normalized spacial score (nSPS) is 13.5. The van der Waals surface area contributed by atoms with Crippen molar-refractivity contribution < 1.29 is 9.47 Å². The molecular weight excluding hydrogens is 262 g/mol. The Balaban J connectivity index is 2.35. The summed E-state index contributed by atoms with van der Waals surface area (Å²) in [5, 5.41) is 0. The van der Waals surface area contributed by atoms with Crippen molar-refractivity contribution in [2.75, 3.05) is 20.8 Å². The van der Waals surface area contributed by atoms with E-state index in [1.807, 2.05) is 18.2 Å². The molecule has 112 valence electrons. The van der Waals surface area contributed by atoms with Crippen LogP contribution in [0.1, 0.15) is 18.1 Å². The molecular formula is C18H23NO2. The van der Waals surface area contributed by atoms with Crippen LogP contribution in [0, 0.1) is 0 Å². The van der Waals surface area contributed by atoms with Gasteiger partial charge >= 0.3 is 0 Å². The summed E-state index contributed by atoms with van der Waals surface area (Å²) in [6.07, 6.45) is 0.889. The quantitative estimate of drug-likeness (QED) is 0.886. The van der Waals surface area contributed by atoms with Crippen LogP contribution < -0.4 is 15.2 Å². The Hall–Kier alpha value is -2.00. The van der Waals surface area contributed by atoms with Crippen molar-refractivity contribution in [1.82, 2.24) is 0 Å². The van der Waals surface area contributed by atoms with Gasteiger partial charge in [0.15, 0.2) is 11.5 Å². The molecule has 2 aromatic carbocycles. The van der Waals surface area contributed by atoms with Crippen LogP contribution in [0.25, 0.3) is 0 Å². The minimum atomic E-state index is -0.138. The SMILES string of the molecule is COc1ccc(C(C)(CN)Cc2ccccc2)cc1OC. The lowest BCUT2D eigenvalue weighted by atomic mass is 9.77. The van der Waals surface area contributed by atoms with Crippen molar-refractivity contribution in [3.63, 3.8) is 0 Å². The molecule has 0 heterocycles. The first-order valence-corrected chi connectivity index (χ1v) is 7.09. The van der Waals surface area contributed by atoms with Crippen molar-refractivity contribution in [2.45, 2.75) is 18.8 Å². The van der Waals surface area contributed by atoms with Gasteiger partial charge in [-0.3, -0.25) is 0 Å². The van der Waals surface area contributed by atoms with E-state index >= 15 is 0 Å². The van der Waals surface area contributed by atoms with Crippen molar-refractivity contribution >= 4 is 0 Å². The smallest absolute Gasteiger partial charge is 0.161 e. The first kappa shape index (κ1) is 15.4. The van der Waals surface area contributed by atoms with Crippen LogP contribution in [-0.2, 0) is 11.8 Å². The van der Waals surface area contributed by atoms with E-state index in [2.05, 4.69) is 37.3 Å². The summed E-state index contributed by atoms with van der Waals surface area (Å²) >= 11 is 0. The molecule has 0 saturated heterocycles. The maximum Gasteiger partial charge on any atom is 0.161 e. The fourth-order valence-electron chi connectivity index (χ4n) is 2.55. The average molecular weight is 285 g/mol. The molecule has 0 saturated carbocycles. The molecule has 2 aromatic rings. The Morgan fingerprint density at radius 1 is 0.952 bits per heavy atom. The van der Waals surface area contributed by atoms with E-state index < -0.39 is 0 Å². The van der Waals surface area contributed by atoms with Gasteiger partial charge in [-0.25, -0.2) is 0 Å². The molecule has 0 aliphatic rings. The Labute approximate surface area is 126 Å². The highest BCUT2D eigenvalue weighted by molar-refractivity contribution is 5.45. The molecule has 0 fully saturated rings. The number of ether oxygens (including phenoxy) is 2. The highest BCUT2D eigenvalue weighted by Crippen LogP contribution is 2.34. The first-order chi connectivity index (χ1) is 10.1. The zero-order valence-corrected chi connectivity index (χ0v) is 12.9. The maximum atomic E-state index is 6.08. The number of nitrogens with two attached hydrogens (primary N) is 1. The minimum Gasteiger partial charge on any atom is -0.493 e. The summed E-state index contributed by atoms with van der Waals surface area (Å²) in [5.41, 5.74) is 8.38. The van der Waals surface area contributed by atoms with Crippen molar-refractivity contribution in [2.24, 2.45) is 5.73 Å². The summed E-state index contributed by atoms with van der Waals surface area (Å²) in [4.78, 5) is 0. The number of rotatable bonds is 6. The molecule has 0 bridgehead atoms. The lowest BCUT2D eigenvalue weighted by Crippen LogP contribution is -2.34. The number of hydrogen-bond acceptors (Lipinski definition) is 3. The summed E-state index contributed by atoms with van der Waals surface area (Å²) in [5.74, 6) is 1.48. The van der Waals surface area contributed by atoms with Gasteiger partial charge in [0.2, 0.25) is 0 Å². The maximum absolute atomic E-state index is 6.08. The predicted molar refractivity (Wildman–Crippen MR) is 86.1 cm³/mol. The topological polar surface area (TPSA) is 44.5 Å². The Morgan fingerprint density at radius 3 is 2.19 bits per heavy atom. The Bertz CT molecular complexity index is 583. The van der Waals surface area contributed by atoms with Crippen molar-refractivity contribution in [1.29, 1.82) is 0 Å². The fourth-order valence-corrected chi connectivity index (χ4v) is 2.55. The van der Waals surface area contributed by atoms with Gasteiger partial charge in [0.25, 0.3) is 0 Å². The fraction of sp³-hybridized carbons (Fsp3) is 0.333. The molecule has 21 heavy (non-hydrogen) atoms. The second-order valence-electron chi connectivity index (χ2n) is 5.50. The lowest BCUT2D eigenvalue weighted by Gasteiger charge is -2.29. The number of methoxy groups -OCH3 is 2. The van der Waals surface area contributed by atoms with E-state index in [0.717, 1.165) is 23.5 Å². The summed E-state index contributed by atoms with van der Waals surface area (Å²) in [6, 6.07) is 16.4. The third kappa shape index (κ3) is 3.37. The standard InChI is InChI=1S/C18H23NO2/c1-18(13-19,12-14-7-5-4-6-8-14)15-9-10-16(20-2)17(11-15)21-3/h4-11H,12-13,19H2,1-3H3. The van der Waals surface area contributed by atoms with E-state index in [0.29, 0.717) is 6.54 Å². The molecule has 0 spiro atoms. The van der Waals surface area contributed by atoms with Crippen LogP contribution in [0.5, 0.6) is 11.5 Å². The third-order valence-electron chi connectivity index (χ3n) is 3.97. The highest BCUT2D eigenvalue weighted by Gasteiger charge is 2.26. The lowest BCUT2D eigenvalue weighted by molar-refractivity contribution is 0.352.